The summed E-state index contributed by atoms with van der Waals surface area (Å²) < 4.78 is 28.0. The molecule has 0 saturated carbocycles. The second-order valence-corrected chi connectivity index (χ2v) is 7.49. The SMILES string of the molecule is CCCCCc1ccc(C#Cc2ccc(C#Cc3ccc(CC)c(F)c3F)cc2)cc1. The fourth-order valence-electron chi connectivity index (χ4n) is 3.21. The zero-order valence-electron chi connectivity index (χ0n) is 18.1. The van der Waals surface area contributed by atoms with Crippen molar-refractivity contribution in [1.29, 1.82) is 0 Å². The number of rotatable bonds is 5. The Morgan fingerprint density at radius 1 is 0.613 bits per heavy atom. The lowest BCUT2D eigenvalue weighted by molar-refractivity contribution is 0.498. The van der Waals surface area contributed by atoms with Crippen molar-refractivity contribution in [3.05, 3.63) is 106 Å². The van der Waals surface area contributed by atoms with Gasteiger partial charge in [-0.15, -0.1) is 0 Å². The van der Waals surface area contributed by atoms with E-state index in [-0.39, 0.29) is 5.56 Å². The molecule has 2 heteroatoms. The standard InChI is InChI=1S/C29H26F2/c1-3-5-6-7-22-8-10-23(11-9-22)12-13-24-14-16-25(17-15-24)18-19-27-21-20-26(4-2)28(30)29(27)31/h8-11,14-17,20-21H,3-7H2,1-2H3. The molecule has 0 N–H and O–H groups in total. The number of unbranched alkanes of at least 4 members (excludes halogenated alkanes) is 2. The number of benzene rings is 3. The van der Waals surface area contributed by atoms with Gasteiger partial charge < -0.3 is 0 Å². The minimum atomic E-state index is -0.884. The summed E-state index contributed by atoms with van der Waals surface area (Å²) in [6.45, 7) is 4.00. The second kappa shape index (κ2) is 11.1. The highest BCUT2D eigenvalue weighted by Crippen LogP contribution is 2.16. The Bertz CT molecular complexity index is 1130. The van der Waals surface area contributed by atoms with Crippen molar-refractivity contribution >= 4 is 0 Å². The van der Waals surface area contributed by atoms with Crippen molar-refractivity contribution in [2.75, 3.05) is 0 Å². The smallest absolute Gasteiger partial charge is 0.174 e. The molecule has 0 atom stereocenters. The molecule has 0 fully saturated rings. The van der Waals surface area contributed by atoms with Gasteiger partial charge in [-0.05, 0) is 72.9 Å². The van der Waals surface area contributed by atoms with Gasteiger partial charge in [0.2, 0.25) is 0 Å². The monoisotopic (exact) mass is 412 g/mol. The van der Waals surface area contributed by atoms with Crippen LogP contribution in [0, 0.1) is 35.3 Å². The molecule has 0 aliphatic heterocycles. The van der Waals surface area contributed by atoms with Crippen molar-refractivity contribution < 1.29 is 8.78 Å². The first-order chi connectivity index (χ1) is 15.1. The Balaban J connectivity index is 1.66. The summed E-state index contributed by atoms with van der Waals surface area (Å²) in [6, 6.07) is 19.0. The van der Waals surface area contributed by atoms with Gasteiger partial charge in [-0.2, -0.15) is 0 Å². The third-order valence-electron chi connectivity index (χ3n) is 5.14. The van der Waals surface area contributed by atoms with Crippen LogP contribution in [0.15, 0.2) is 60.7 Å². The highest BCUT2D eigenvalue weighted by Gasteiger charge is 2.10. The van der Waals surface area contributed by atoms with E-state index in [0.29, 0.717) is 12.0 Å². The van der Waals surface area contributed by atoms with Gasteiger partial charge in [0.15, 0.2) is 11.6 Å². The van der Waals surface area contributed by atoms with Gasteiger partial charge in [-0.25, -0.2) is 8.78 Å². The molecule has 0 unspecified atom stereocenters. The Morgan fingerprint density at radius 3 is 1.71 bits per heavy atom. The average molecular weight is 413 g/mol. The Morgan fingerprint density at radius 2 is 1.16 bits per heavy atom. The predicted molar refractivity (Wildman–Crippen MR) is 124 cm³/mol. The molecule has 0 aliphatic carbocycles. The van der Waals surface area contributed by atoms with E-state index in [1.807, 2.05) is 24.3 Å². The van der Waals surface area contributed by atoms with Crippen molar-refractivity contribution in [2.45, 2.75) is 46.0 Å². The van der Waals surface area contributed by atoms with E-state index in [0.717, 1.165) is 23.1 Å². The van der Waals surface area contributed by atoms with Crippen LogP contribution in [0.3, 0.4) is 0 Å². The molecule has 156 valence electrons. The van der Waals surface area contributed by atoms with E-state index in [2.05, 4.69) is 54.9 Å². The lowest BCUT2D eigenvalue weighted by Gasteiger charge is -2.02. The summed E-state index contributed by atoms with van der Waals surface area (Å²) in [4.78, 5) is 0. The Labute approximate surface area is 184 Å². The van der Waals surface area contributed by atoms with Crippen molar-refractivity contribution in [2.24, 2.45) is 0 Å². The average Bonchev–Trinajstić information content (AvgIpc) is 2.80. The van der Waals surface area contributed by atoms with Gasteiger partial charge >= 0.3 is 0 Å². The predicted octanol–water partition coefficient (Wildman–Crippen LogP) is 7.06. The fraction of sp³-hybridized carbons (Fsp3) is 0.241. The highest BCUT2D eigenvalue weighted by atomic mass is 19.2. The number of halogens is 2. The van der Waals surface area contributed by atoms with Crippen LogP contribution in [0.25, 0.3) is 0 Å². The van der Waals surface area contributed by atoms with Crippen LogP contribution in [0.4, 0.5) is 8.78 Å². The quantitative estimate of drug-likeness (QED) is 0.311. The minimum Gasteiger partial charge on any atom is -0.203 e. The first-order valence-electron chi connectivity index (χ1n) is 10.8. The molecule has 3 aromatic rings. The van der Waals surface area contributed by atoms with Gasteiger partial charge in [0, 0.05) is 16.7 Å². The summed E-state index contributed by atoms with van der Waals surface area (Å²) >= 11 is 0. The number of hydrogen-bond acceptors (Lipinski definition) is 0. The molecular weight excluding hydrogens is 386 g/mol. The van der Waals surface area contributed by atoms with E-state index >= 15 is 0 Å². The molecular formula is C29H26F2. The van der Waals surface area contributed by atoms with Crippen molar-refractivity contribution in [3.63, 3.8) is 0 Å². The van der Waals surface area contributed by atoms with Gasteiger partial charge in [-0.3, -0.25) is 0 Å². The van der Waals surface area contributed by atoms with Crippen molar-refractivity contribution in [3.8, 4) is 23.7 Å². The maximum Gasteiger partial charge on any atom is 0.174 e. The summed E-state index contributed by atoms with van der Waals surface area (Å²) in [5.74, 6) is 10.3. The van der Waals surface area contributed by atoms with E-state index in [4.69, 9.17) is 0 Å². The Kier molecular flexibility index (Phi) is 8.03. The summed E-state index contributed by atoms with van der Waals surface area (Å²) in [7, 11) is 0. The third kappa shape index (κ3) is 6.31. The molecule has 3 aromatic carbocycles. The molecule has 0 radical (unpaired) electrons. The first kappa shape index (κ1) is 22.3. The third-order valence-corrected chi connectivity index (χ3v) is 5.14. The van der Waals surface area contributed by atoms with Gasteiger partial charge in [-0.1, -0.05) is 68.6 Å². The normalized spacial score (nSPS) is 10.1. The first-order valence-corrected chi connectivity index (χ1v) is 10.8. The zero-order chi connectivity index (χ0) is 22.1. The van der Waals surface area contributed by atoms with Crippen LogP contribution >= 0.6 is 0 Å². The van der Waals surface area contributed by atoms with Crippen molar-refractivity contribution in [1.82, 2.24) is 0 Å². The molecule has 0 heterocycles. The zero-order valence-corrected chi connectivity index (χ0v) is 18.1. The van der Waals surface area contributed by atoms with E-state index < -0.39 is 11.6 Å². The van der Waals surface area contributed by atoms with Gasteiger partial charge in [0.25, 0.3) is 0 Å². The number of hydrogen-bond donors (Lipinski definition) is 0. The molecule has 0 bridgehead atoms. The van der Waals surface area contributed by atoms with E-state index in [1.54, 1.807) is 13.0 Å². The molecule has 31 heavy (non-hydrogen) atoms. The maximum absolute atomic E-state index is 14.1. The number of aryl methyl sites for hydroxylation is 2. The highest BCUT2D eigenvalue weighted by molar-refractivity contribution is 5.48. The molecule has 0 spiro atoms. The summed E-state index contributed by atoms with van der Waals surface area (Å²) in [5, 5.41) is 0. The Hall–Kier alpha value is -3.36. The van der Waals surface area contributed by atoms with Crippen LogP contribution in [-0.4, -0.2) is 0 Å². The lowest BCUT2D eigenvalue weighted by Crippen LogP contribution is -1.96. The largest absolute Gasteiger partial charge is 0.203 e. The molecule has 0 nitrogen and oxygen atoms in total. The molecule has 0 amide bonds. The molecule has 3 rings (SSSR count). The van der Waals surface area contributed by atoms with Crippen LogP contribution in [0.1, 0.15) is 66.5 Å². The molecule has 0 saturated heterocycles. The van der Waals surface area contributed by atoms with E-state index in [9.17, 15) is 8.78 Å². The molecule has 0 aromatic heterocycles. The second-order valence-electron chi connectivity index (χ2n) is 7.49. The summed E-state index contributed by atoms with van der Waals surface area (Å²) in [5.41, 5.74) is 4.36. The van der Waals surface area contributed by atoms with Crippen LogP contribution in [0.5, 0.6) is 0 Å². The van der Waals surface area contributed by atoms with Crippen LogP contribution in [-0.2, 0) is 12.8 Å². The maximum atomic E-state index is 14.1. The fourth-order valence-corrected chi connectivity index (χ4v) is 3.21. The van der Waals surface area contributed by atoms with E-state index in [1.165, 1.54) is 30.9 Å². The minimum absolute atomic E-state index is 0.0664. The van der Waals surface area contributed by atoms with Crippen LogP contribution in [0.2, 0.25) is 0 Å². The summed E-state index contributed by atoms with van der Waals surface area (Å²) in [6.07, 6.45) is 5.28. The van der Waals surface area contributed by atoms with Gasteiger partial charge in [0.05, 0.1) is 5.56 Å². The van der Waals surface area contributed by atoms with Gasteiger partial charge in [0.1, 0.15) is 0 Å². The molecule has 0 aliphatic rings. The topological polar surface area (TPSA) is 0 Å². The lowest BCUT2D eigenvalue weighted by atomic mass is 10.1. The van der Waals surface area contributed by atoms with Crippen LogP contribution < -0.4 is 0 Å².